The Labute approximate surface area is 136 Å². The number of unbranched alkanes of at least 4 members (excludes halogenated alkanes) is 2. The van der Waals surface area contributed by atoms with E-state index in [2.05, 4.69) is 29.4 Å². The largest absolute Gasteiger partial charge is 0.353 e. The zero-order valence-electron chi connectivity index (χ0n) is 13.2. The van der Waals surface area contributed by atoms with Crippen molar-refractivity contribution in [2.24, 2.45) is 0 Å². The molecule has 0 bridgehead atoms. The lowest BCUT2D eigenvalue weighted by Crippen LogP contribution is -2.33. The average molecular weight is 317 g/mol. The van der Waals surface area contributed by atoms with Crippen LogP contribution in [-0.2, 0) is 4.79 Å². The third-order valence-corrected chi connectivity index (χ3v) is 4.51. The van der Waals surface area contributed by atoms with Gasteiger partial charge in [-0.25, -0.2) is 0 Å². The van der Waals surface area contributed by atoms with Gasteiger partial charge in [0.2, 0.25) is 5.91 Å². The fourth-order valence-electron chi connectivity index (χ4n) is 2.33. The molecule has 22 heavy (non-hydrogen) atoms. The van der Waals surface area contributed by atoms with Gasteiger partial charge in [0.15, 0.2) is 0 Å². The van der Waals surface area contributed by atoms with E-state index in [0.29, 0.717) is 5.75 Å². The van der Waals surface area contributed by atoms with Gasteiger partial charge in [-0.3, -0.25) is 4.79 Å². The summed E-state index contributed by atoms with van der Waals surface area (Å²) in [7, 11) is 0. The molecule has 1 unspecified atom stereocenters. The van der Waals surface area contributed by atoms with E-state index < -0.39 is 0 Å². The Kier molecular flexibility index (Phi) is 6.65. The number of hydrogen-bond donors (Lipinski definition) is 1. The topological polar surface area (TPSA) is 54.9 Å². The van der Waals surface area contributed by atoms with Crippen LogP contribution < -0.4 is 5.32 Å². The second kappa shape index (κ2) is 8.73. The maximum atomic E-state index is 12.0. The molecular weight excluding hydrogens is 294 g/mol. The number of amides is 1. The van der Waals surface area contributed by atoms with Crippen molar-refractivity contribution in [1.82, 2.24) is 15.5 Å². The van der Waals surface area contributed by atoms with Crippen LogP contribution in [0, 0.1) is 0 Å². The van der Waals surface area contributed by atoms with Crippen LogP contribution in [0.25, 0.3) is 10.8 Å². The third kappa shape index (κ3) is 4.98. The fourth-order valence-corrected chi connectivity index (χ4v) is 3.13. The van der Waals surface area contributed by atoms with E-state index in [4.69, 9.17) is 0 Å². The number of rotatable bonds is 8. The molecule has 0 saturated heterocycles. The lowest BCUT2D eigenvalue weighted by atomic mass is 10.1. The maximum absolute atomic E-state index is 12.0. The van der Waals surface area contributed by atoms with Crippen LogP contribution in [0.4, 0.5) is 0 Å². The first-order valence-electron chi connectivity index (χ1n) is 7.83. The monoisotopic (exact) mass is 317 g/mol. The van der Waals surface area contributed by atoms with Crippen molar-refractivity contribution in [2.45, 2.75) is 50.6 Å². The lowest BCUT2D eigenvalue weighted by Gasteiger charge is -2.13. The van der Waals surface area contributed by atoms with Gasteiger partial charge in [0.25, 0.3) is 0 Å². The molecule has 2 rings (SSSR count). The third-order valence-electron chi connectivity index (χ3n) is 3.52. The van der Waals surface area contributed by atoms with Crippen LogP contribution in [0.15, 0.2) is 35.5 Å². The highest BCUT2D eigenvalue weighted by atomic mass is 32.2. The first-order chi connectivity index (χ1) is 10.7. The summed E-state index contributed by atoms with van der Waals surface area (Å²) in [4.78, 5) is 12.0. The number of fused-ring (bicyclic) bond motifs is 1. The van der Waals surface area contributed by atoms with E-state index >= 15 is 0 Å². The molecule has 1 atom stereocenters. The van der Waals surface area contributed by atoms with Crippen LogP contribution in [0.5, 0.6) is 0 Å². The zero-order chi connectivity index (χ0) is 15.8. The number of carbonyl (C=O) groups excluding carboxylic acids is 1. The van der Waals surface area contributed by atoms with Gasteiger partial charge in [0.05, 0.1) is 11.9 Å². The molecule has 0 spiro atoms. The Balaban J connectivity index is 1.85. The summed E-state index contributed by atoms with van der Waals surface area (Å²) < 4.78 is 0. The molecule has 0 aliphatic heterocycles. The highest BCUT2D eigenvalue weighted by molar-refractivity contribution is 8.00. The summed E-state index contributed by atoms with van der Waals surface area (Å²) in [6, 6.07) is 8.20. The first kappa shape index (κ1) is 16.7. The van der Waals surface area contributed by atoms with Gasteiger partial charge in [0, 0.05) is 16.8 Å². The van der Waals surface area contributed by atoms with Crippen LogP contribution in [0.1, 0.15) is 39.5 Å². The summed E-state index contributed by atoms with van der Waals surface area (Å²) in [6.45, 7) is 4.25. The van der Waals surface area contributed by atoms with Gasteiger partial charge in [-0.2, -0.15) is 5.10 Å². The van der Waals surface area contributed by atoms with Crippen LogP contribution >= 0.6 is 11.8 Å². The minimum Gasteiger partial charge on any atom is -0.353 e. The Morgan fingerprint density at radius 1 is 1.32 bits per heavy atom. The van der Waals surface area contributed by atoms with Crippen molar-refractivity contribution >= 4 is 28.4 Å². The van der Waals surface area contributed by atoms with E-state index in [0.717, 1.165) is 22.2 Å². The summed E-state index contributed by atoms with van der Waals surface area (Å²) in [5.74, 6) is 0.435. The number of nitrogens with one attached hydrogen (secondary N) is 1. The molecule has 0 fully saturated rings. The van der Waals surface area contributed by atoms with Gasteiger partial charge in [-0.15, -0.1) is 5.10 Å². The van der Waals surface area contributed by atoms with Gasteiger partial charge in [0.1, 0.15) is 5.03 Å². The minimum atomic E-state index is 0.0590. The predicted molar refractivity (Wildman–Crippen MR) is 92.0 cm³/mol. The van der Waals surface area contributed by atoms with Crippen molar-refractivity contribution in [3.63, 3.8) is 0 Å². The second-order valence-electron chi connectivity index (χ2n) is 5.49. The summed E-state index contributed by atoms with van der Waals surface area (Å²) in [5.41, 5.74) is 0. The fraction of sp³-hybridized carbons (Fsp3) is 0.471. The van der Waals surface area contributed by atoms with E-state index in [1.54, 1.807) is 6.20 Å². The molecule has 1 amide bonds. The van der Waals surface area contributed by atoms with Crippen molar-refractivity contribution in [3.05, 3.63) is 30.5 Å². The number of hydrogen-bond acceptors (Lipinski definition) is 4. The Hall–Kier alpha value is -1.62. The molecule has 118 valence electrons. The molecule has 5 heteroatoms. The predicted octanol–water partition coefficient (Wildman–Crippen LogP) is 3.81. The number of benzene rings is 1. The second-order valence-corrected chi connectivity index (χ2v) is 6.45. The molecular formula is C17H23N3OS. The SMILES string of the molecule is CCCCCC(C)NC(=O)CSc1nncc2ccccc12. The minimum absolute atomic E-state index is 0.0590. The van der Waals surface area contributed by atoms with Crippen molar-refractivity contribution < 1.29 is 4.79 Å². The summed E-state index contributed by atoms with van der Waals surface area (Å²) in [6.07, 6.45) is 6.38. The smallest absolute Gasteiger partial charge is 0.230 e. The number of carbonyl (C=O) groups is 1. The molecule has 1 aromatic carbocycles. The highest BCUT2D eigenvalue weighted by Crippen LogP contribution is 2.24. The van der Waals surface area contributed by atoms with Crippen molar-refractivity contribution in [3.8, 4) is 0 Å². The van der Waals surface area contributed by atoms with Crippen LogP contribution in [-0.4, -0.2) is 27.9 Å². The number of thioether (sulfide) groups is 1. The molecule has 4 nitrogen and oxygen atoms in total. The van der Waals surface area contributed by atoms with Gasteiger partial charge in [-0.05, 0) is 13.3 Å². The van der Waals surface area contributed by atoms with E-state index in [1.165, 1.54) is 31.0 Å². The van der Waals surface area contributed by atoms with Gasteiger partial charge >= 0.3 is 0 Å². The Morgan fingerprint density at radius 2 is 2.14 bits per heavy atom. The van der Waals surface area contributed by atoms with Gasteiger partial charge in [-0.1, -0.05) is 62.2 Å². The standard InChI is InChI=1S/C17H23N3OS/c1-3-4-5-8-13(2)19-16(21)12-22-17-15-10-7-6-9-14(15)11-18-20-17/h6-7,9-11,13H,3-5,8,12H2,1-2H3,(H,19,21). The molecule has 0 aliphatic rings. The maximum Gasteiger partial charge on any atom is 0.230 e. The molecule has 1 heterocycles. The molecule has 1 N–H and O–H groups in total. The first-order valence-corrected chi connectivity index (χ1v) is 8.82. The zero-order valence-corrected chi connectivity index (χ0v) is 14.0. The van der Waals surface area contributed by atoms with Gasteiger partial charge < -0.3 is 5.32 Å². The average Bonchev–Trinajstić information content (AvgIpc) is 2.53. The highest BCUT2D eigenvalue weighted by Gasteiger charge is 2.10. The number of nitrogens with zero attached hydrogens (tertiary/aromatic N) is 2. The Morgan fingerprint density at radius 3 is 2.95 bits per heavy atom. The quantitative estimate of drug-likeness (QED) is 0.594. The summed E-state index contributed by atoms with van der Waals surface area (Å²) >= 11 is 1.44. The normalized spacial score (nSPS) is 12.3. The Bertz CT molecular complexity index is 612. The van der Waals surface area contributed by atoms with E-state index in [9.17, 15) is 4.79 Å². The van der Waals surface area contributed by atoms with E-state index in [1.807, 2.05) is 24.3 Å². The number of aromatic nitrogens is 2. The summed E-state index contributed by atoms with van der Waals surface area (Å²) in [5, 5.41) is 14.1. The molecule has 0 aliphatic carbocycles. The lowest BCUT2D eigenvalue weighted by molar-refractivity contribution is -0.119. The molecule has 2 aromatic rings. The van der Waals surface area contributed by atoms with Crippen molar-refractivity contribution in [2.75, 3.05) is 5.75 Å². The van der Waals surface area contributed by atoms with Crippen molar-refractivity contribution in [1.29, 1.82) is 0 Å². The molecule has 1 aromatic heterocycles. The molecule has 0 radical (unpaired) electrons. The molecule has 0 saturated carbocycles. The van der Waals surface area contributed by atoms with Crippen LogP contribution in [0.3, 0.4) is 0 Å². The van der Waals surface area contributed by atoms with E-state index in [-0.39, 0.29) is 11.9 Å². The van der Waals surface area contributed by atoms with Crippen LogP contribution in [0.2, 0.25) is 0 Å².